The molecule has 0 aromatic rings. The molecule has 1 atom stereocenters. The van der Waals surface area contributed by atoms with Crippen molar-refractivity contribution >= 4 is 6.16 Å². The van der Waals surface area contributed by atoms with E-state index in [0.29, 0.717) is 5.92 Å². The molecule has 1 aliphatic carbocycles. The van der Waals surface area contributed by atoms with Crippen LogP contribution in [0.5, 0.6) is 0 Å². The summed E-state index contributed by atoms with van der Waals surface area (Å²) in [7, 11) is 0. The molecular weight excluding hydrogens is 181 g/mol. The van der Waals surface area contributed by atoms with E-state index in [-0.39, 0.29) is 11.5 Å². The van der Waals surface area contributed by atoms with Gasteiger partial charge in [0, 0.05) is 6.04 Å². The van der Waals surface area contributed by atoms with Gasteiger partial charge in [0.05, 0.1) is 0 Å². The van der Waals surface area contributed by atoms with Gasteiger partial charge in [0.1, 0.15) is 0 Å². The Bertz CT molecular complexity index is 206. The average Bonchev–Trinajstić information content (AvgIpc) is 1.90. The highest BCUT2D eigenvalue weighted by Crippen LogP contribution is 2.34. The van der Waals surface area contributed by atoms with Gasteiger partial charge in [-0.25, -0.2) is 4.79 Å². The molecule has 1 N–H and O–H groups in total. The number of carbonyl (C=O) groups excluding carboxylic acids is 1. The van der Waals surface area contributed by atoms with Crippen molar-refractivity contribution in [2.75, 3.05) is 0 Å². The third-order valence-corrected chi connectivity index (χ3v) is 3.13. The first-order chi connectivity index (χ1) is 6.39. The van der Waals surface area contributed by atoms with Crippen molar-refractivity contribution < 1.29 is 9.18 Å². The minimum atomic E-state index is -1.40. The van der Waals surface area contributed by atoms with Gasteiger partial charge in [0.25, 0.3) is 0 Å². The molecule has 0 saturated heterocycles. The molecule has 0 bridgehead atoms. The van der Waals surface area contributed by atoms with Gasteiger partial charge in [-0.3, -0.25) is 0 Å². The number of hydrogen-bond acceptors (Lipinski definition) is 1. The molecule has 82 valence electrons. The van der Waals surface area contributed by atoms with E-state index in [4.69, 9.17) is 0 Å². The topological polar surface area (TPSA) is 29.1 Å². The van der Waals surface area contributed by atoms with Gasteiger partial charge in [-0.05, 0) is 17.8 Å². The van der Waals surface area contributed by atoms with E-state index in [2.05, 4.69) is 5.32 Å². The van der Waals surface area contributed by atoms with Gasteiger partial charge in [-0.2, -0.15) is 0 Å². The molecule has 3 heteroatoms. The molecule has 0 aliphatic heterocycles. The Hall–Kier alpha value is -0.600. The summed E-state index contributed by atoms with van der Waals surface area (Å²) in [6.07, 6.45) is 3.26. The molecule has 1 fully saturated rings. The molecule has 1 unspecified atom stereocenters. The molecule has 0 radical (unpaired) electrons. The van der Waals surface area contributed by atoms with Crippen LogP contribution in [0.2, 0.25) is 0 Å². The standard InChI is InChI=1S/C11H20FNO/c1-11(2,3)9(13-10(12)14)7-8-5-4-6-8/h8-9H,4-7H2,1-3H3,(H,13,14). The second kappa shape index (κ2) is 4.28. The molecule has 0 aromatic heterocycles. The molecule has 1 aliphatic rings. The number of rotatable bonds is 3. The SMILES string of the molecule is CC(C)(C)C(CC1CCC1)NC(=O)F. The van der Waals surface area contributed by atoms with E-state index < -0.39 is 6.16 Å². The first-order valence-electron chi connectivity index (χ1n) is 5.35. The summed E-state index contributed by atoms with van der Waals surface area (Å²) in [4.78, 5) is 10.4. The van der Waals surface area contributed by atoms with E-state index in [9.17, 15) is 9.18 Å². The first kappa shape index (κ1) is 11.5. The zero-order chi connectivity index (χ0) is 10.8. The molecule has 0 heterocycles. The van der Waals surface area contributed by atoms with Crippen LogP contribution in [0.25, 0.3) is 0 Å². The predicted molar refractivity (Wildman–Crippen MR) is 54.8 cm³/mol. The van der Waals surface area contributed by atoms with Crippen LogP contribution in [0, 0.1) is 11.3 Å². The lowest BCUT2D eigenvalue weighted by Gasteiger charge is -2.36. The van der Waals surface area contributed by atoms with Crippen LogP contribution in [0.3, 0.4) is 0 Å². The normalized spacial score (nSPS) is 20.0. The van der Waals surface area contributed by atoms with Crippen LogP contribution in [0.4, 0.5) is 9.18 Å². The van der Waals surface area contributed by atoms with E-state index in [1.165, 1.54) is 19.3 Å². The second-order valence-electron chi connectivity index (χ2n) is 5.37. The summed E-state index contributed by atoms with van der Waals surface area (Å²) >= 11 is 0. The minimum absolute atomic E-state index is 0.0368. The summed E-state index contributed by atoms with van der Waals surface area (Å²) in [5, 5.41) is 2.41. The van der Waals surface area contributed by atoms with E-state index >= 15 is 0 Å². The molecule has 1 saturated carbocycles. The van der Waals surface area contributed by atoms with Gasteiger partial charge in [-0.15, -0.1) is 4.39 Å². The van der Waals surface area contributed by atoms with Crippen LogP contribution in [-0.2, 0) is 0 Å². The first-order valence-corrected chi connectivity index (χ1v) is 5.35. The van der Waals surface area contributed by atoms with Gasteiger partial charge >= 0.3 is 6.16 Å². The van der Waals surface area contributed by atoms with Crippen molar-refractivity contribution in [3.8, 4) is 0 Å². The Morgan fingerprint density at radius 2 is 2.07 bits per heavy atom. The van der Waals surface area contributed by atoms with Crippen LogP contribution >= 0.6 is 0 Å². The van der Waals surface area contributed by atoms with Crippen molar-refractivity contribution in [2.24, 2.45) is 11.3 Å². The number of carbonyl (C=O) groups is 1. The number of amides is 1. The lowest BCUT2D eigenvalue weighted by molar-refractivity contribution is 0.168. The zero-order valence-electron chi connectivity index (χ0n) is 9.27. The smallest absolute Gasteiger partial charge is 0.325 e. The number of halogens is 1. The maximum absolute atomic E-state index is 12.3. The molecular formula is C11H20FNO. The van der Waals surface area contributed by atoms with Crippen molar-refractivity contribution in [2.45, 2.75) is 52.5 Å². The van der Waals surface area contributed by atoms with Gasteiger partial charge in [0.15, 0.2) is 0 Å². The highest BCUT2D eigenvalue weighted by atomic mass is 19.1. The largest absolute Gasteiger partial charge is 0.397 e. The molecule has 0 spiro atoms. The number of hydrogen-bond donors (Lipinski definition) is 1. The lowest BCUT2D eigenvalue weighted by Crippen LogP contribution is -2.43. The molecule has 2 nitrogen and oxygen atoms in total. The highest BCUT2D eigenvalue weighted by Gasteiger charge is 2.30. The van der Waals surface area contributed by atoms with Gasteiger partial charge < -0.3 is 5.32 Å². The monoisotopic (exact) mass is 201 g/mol. The maximum Gasteiger partial charge on any atom is 0.397 e. The van der Waals surface area contributed by atoms with Crippen molar-refractivity contribution in [1.29, 1.82) is 0 Å². The summed E-state index contributed by atoms with van der Waals surface area (Å²) in [6.45, 7) is 6.10. The van der Waals surface area contributed by atoms with Crippen molar-refractivity contribution in [1.82, 2.24) is 5.32 Å². The fraction of sp³-hybridized carbons (Fsp3) is 0.909. The van der Waals surface area contributed by atoms with Crippen LogP contribution in [0.1, 0.15) is 46.5 Å². The Kier molecular flexibility index (Phi) is 3.51. The third-order valence-electron chi connectivity index (χ3n) is 3.13. The molecule has 1 amide bonds. The molecule has 0 aromatic carbocycles. The van der Waals surface area contributed by atoms with Crippen molar-refractivity contribution in [3.63, 3.8) is 0 Å². The summed E-state index contributed by atoms with van der Waals surface area (Å²) in [5.74, 6) is 0.686. The predicted octanol–water partition coefficient (Wildman–Crippen LogP) is 3.27. The van der Waals surface area contributed by atoms with Crippen molar-refractivity contribution in [3.05, 3.63) is 0 Å². The zero-order valence-corrected chi connectivity index (χ0v) is 9.27. The van der Waals surface area contributed by atoms with Gasteiger partial charge in [0.2, 0.25) is 0 Å². The van der Waals surface area contributed by atoms with Crippen LogP contribution in [0.15, 0.2) is 0 Å². The summed E-state index contributed by atoms with van der Waals surface area (Å²) < 4.78 is 12.3. The van der Waals surface area contributed by atoms with E-state index in [1.54, 1.807) is 0 Å². The quantitative estimate of drug-likeness (QED) is 0.551. The Morgan fingerprint density at radius 3 is 2.36 bits per heavy atom. The lowest BCUT2D eigenvalue weighted by atomic mass is 9.74. The summed E-state index contributed by atoms with van der Waals surface area (Å²) in [5.41, 5.74) is -0.0582. The van der Waals surface area contributed by atoms with Gasteiger partial charge in [-0.1, -0.05) is 40.0 Å². The molecule has 1 rings (SSSR count). The molecule has 14 heavy (non-hydrogen) atoms. The fourth-order valence-corrected chi connectivity index (χ4v) is 1.83. The Balaban J connectivity index is 2.47. The minimum Gasteiger partial charge on any atom is -0.325 e. The second-order valence-corrected chi connectivity index (χ2v) is 5.37. The number of nitrogens with one attached hydrogen (secondary N) is 1. The Morgan fingerprint density at radius 1 is 1.50 bits per heavy atom. The maximum atomic E-state index is 12.3. The third kappa shape index (κ3) is 3.28. The van der Waals surface area contributed by atoms with E-state index in [0.717, 1.165) is 6.42 Å². The highest BCUT2D eigenvalue weighted by molar-refractivity contribution is 5.66. The fourth-order valence-electron chi connectivity index (χ4n) is 1.83. The van der Waals surface area contributed by atoms with Crippen LogP contribution < -0.4 is 5.32 Å². The van der Waals surface area contributed by atoms with Crippen LogP contribution in [-0.4, -0.2) is 12.2 Å². The average molecular weight is 201 g/mol. The summed E-state index contributed by atoms with van der Waals surface area (Å²) in [6, 6.07) is -0.0368. The Labute approximate surface area is 85.3 Å². The van der Waals surface area contributed by atoms with E-state index in [1.807, 2.05) is 20.8 Å².